The third-order valence-corrected chi connectivity index (χ3v) is 10.3. The average molecular weight is 395 g/mol. The fourth-order valence-corrected chi connectivity index (χ4v) is 8.34. The SMILES string of the molecule is C[C@]12CC[C@](O)(CCc3ccccc3)CC1CC[C@@H]1[C@@H]2CC[C@]2(C)C(=O)CC[C@@H]12. The standard InChI is InChI=1S/C27H38O2/c1-25-16-17-27(29,15-12-19-6-4-3-5-7-19)18-20(25)8-9-21-22-10-11-24(28)26(22,2)14-13-23(21)25/h3-7,20-23,29H,8-18H2,1-2H3/t20?,21-,22-,23-,25-,26-,27+/m0/s1. The number of ketones is 1. The molecule has 158 valence electrons. The lowest BCUT2D eigenvalue weighted by Crippen LogP contribution is -2.56. The molecule has 0 radical (unpaired) electrons. The zero-order chi connectivity index (χ0) is 20.3. The fourth-order valence-electron chi connectivity index (χ4n) is 8.34. The zero-order valence-corrected chi connectivity index (χ0v) is 18.3. The van der Waals surface area contributed by atoms with E-state index < -0.39 is 5.60 Å². The first-order valence-corrected chi connectivity index (χ1v) is 12.1. The highest BCUT2D eigenvalue weighted by Gasteiger charge is 2.61. The maximum absolute atomic E-state index is 12.6. The Labute approximate surface area is 176 Å². The molecule has 29 heavy (non-hydrogen) atoms. The summed E-state index contributed by atoms with van der Waals surface area (Å²) in [5, 5.41) is 11.5. The molecular formula is C27H38O2. The largest absolute Gasteiger partial charge is 0.390 e. The van der Waals surface area contributed by atoms with Gasteiger partial charge in [-0.1, -0.05) is 44.2 Å². The van der Waals surface area contributed by atoms with Crippen LogP contribution in [0.25, 0.3) is 0 Å². The Morgan fingerprint density at radius 3 is 2.55 bits per heavy atom. The van der Waals surface area contributed by atoms with Gasteiger partial charge in [0.15, 0.2) is 0 Å². The van der Waals surface area contributed by atoms with E-state index in [9.17, 15) is 9.90 Å². The number of benzene rings is 1. The lowest BCUT2D eigenvalue weighted by Gasteiger charge is -2.61. The lowest BCUT2D eigenvalue weighted by molar-refractivity contribution is -0.154. The normalized spacial score (nSPS) is 46.7. The Hall–Kier alpha value is -1.15. The van der Waals surface area contributed by atoms with E-state index in [0.29, 0.717) is 23.0 Å². The van der Waals surface area contributed by atoms with Crippen LogP contribution in [-0.2, 0) is 11.2 Å². The first-order chi connectivity index (χ1) is 13.8. The Balaban J connectivity index is 1.30. The van der Waals surface area contributed by atoms with E-state index in [1.807, 2.05) is 0 Å². The summed E-state index contributed by atoms with van der Waals surface area (Å²) in [6.45, 7) is 4.82. The van der Waals surface area contributed by atoms with Crippen molar-refractivity contribution in [2.24, 2.45) is 34.5 Å². The third kappa shape index (κ3) is 3.12. The van der Waals surface area contributed by atoms with Crippen LogP contribution in [0.15, 0.2) is 30.3 Å². The smallest absolute Gasteiger partial charge is 0.139 e. The summed E-state index contributed by atoms with van der Waals surface area (Å²) >= 11 is 0. The van der Waals surface area contributed by atoms with Crippen LogP contribution in [0, 0.1) is 34.5 Å². The number of Topliss-reactive ketones (excluding diaryl/α,β-unsaturated/α-hetero) is 1. The van der Waals surface area contributed by atoms with Crippen molar-refractivity contribution in [1.82, 2.24) is 0 Å². The second-order valence-corrected chi connectivity index (χ2v) is 11.5. The molecule has 0 aliphatic heterocycles. The van der Waals surface area contributed by atoms with Crippen molar-refractivity contribution in [2.45, 2.75) is 90.1 Å². The van der Waals surface area contributed by atoms with Crippen molar-refractivity contribution in [2.75, 3.05) is 0 Å². The van der Waals surface area contributed by atoms with E-state index in [4.69, 9.17) is 0 Å². The van der Waals surface area contributed by atoms with E-state index in [-0.39, 0.29) is 5.41 Å². The number of carbonyl (C=O) groups is 1. The number of fused-ring (bicyclic) bond motifs is 5. The Bertz CT molecular complexity index is 772. The lowest BCUT2D eigenvalue weighted by atomic mass is 9.44. The Morgan fingerprint density at radius 1 is 0.966 bits per heavy atom. The van der Waals surface area contributed by atoms with Crippen molar-refractivity contribution in [1.29, 1.82) is 0 Å². The van der Waals surface area contributed by atoms with Crippen LogP contribution >= 0.6 is 0 Å². The number of aryl methyl sites for hydroxylation is 1. The third-order valence-electron chi connectivity index (χ3n) is 10.3. The number of hydrogen-bond donors (Lipinski definition) is 1. The fraction of sp³-hybridized carbons (Fsp3) is 0.741. The summed E-state index contributed by atoms with van der Waals surface area (Å²) in [7, 11) is 0. The molecule has 5 rings (SSSR count). The van der Waals surface area contributed by atoms with Crippen LogP contribution in [0.3, 0.4) is 0 Å². The van der Waals surface area contributed by atoms with Gasteiger partial charge in [-0.15, -0.1) is 0 Å². The van der Waals surface area contributed by atoms with E-state index >= 15 is 0 Å². The van der Waals surface area contributed by atoms with Crippen molar-refractivity contribution < 1.29 is 9.90 Å². The average Bonchev–Trinajstić information content (AvgIpc) is 3.03. The Kier molecular flexibility index (Phi) is 4.74. The molecule has 2 nitrogen and oxygen atoms in total. The molecule has 0 amide bonds. The minimum atomic E-state index is -0.487. The summed E-state index contributed by atoms with van der Waals surface area (Å²) in [5.74, 6) is 3.35. The second-order valence-electron chi connectivity index (χ2n) is 11.5. The molecule has 0 heterocycles. The van der Waals surface area contributed by atoms with E-state index in [2.05, 4.69) is 44.2 Å². The second kappa shape index (κ2) is 6.94. The zero-order valence-electron chi connectivity index (χ0n) is 18.3. The highest BCUT2D eigenvalue weighted by Crippen LogP contribution is 2.66. The van der Waals surface area contributed by atoms with Gasteiger partial charge in [-0.3, -0.25) is 4.79 Å². The van der Waals surface area contributed by atoms with E-state index in [1.54, 1.807) is 0 Å². The van der Waals surface area contributed by atoms with Gasteiger partial charge in [-0.25, -0.2) is 0 Å². The quantitative estimate of drug-likeness (QED) is 0.686. The molecule has 1 aromatic carbocycles. The van der Waals surface area contributed by atoms with Crippen LogP contribution in [-0.4, -0.2) is 16.5 Å². The molecule has 4 aliphatic rings. The summed E-state index contributed by atoms with van der Waals surface area (Å²) < 4.78 is 0. The maximum atomic E-state index is 12.6. The molecule has 0 aromatic heterocycles. The van der Waals surface area contributed by atoms with Gasteiger partial charge in [0.25, 0.3) is 0 Å². The van der Waals surface area contributed by atoms with E-state index in [1.165, 1.54) is 31.2 Å². The van der Waals surface area contributed by atoms with Crippen molar-refractivity contribution in [3.8, 4) is 0 Å². The molecule has 0 spiro atoms. The van der Waals surface area contributed by atoms with Gasteiger partial charge < -0.3 is 5.11 Å². The van der Waals surface area contributed by atoms with Gasteiger partial charge in [0.05, 0.1) is 5.60 Å². The summed E-state index contributed by atoms with van der Waals surface area (Å²) in [6, 6.07) is 10.6. The maximum Gasteiger partial charge on any atom is 0.139 e. The molecule has 4 fully saturated rings. The first kappa shape index (κ1) is 19.8. The number of rotatable bonds is 3. The van der Waals surface area contributed by atoms with Crippen molar-refractivity contribution in [3.63, 3.8) is 0 Å². The number of carbonyl (C=O) groups excluding carboxylic acids is 1. The number of hydrogen-bond acceptors (Lipinski definition) is 2. The molecule has 1 unspecified atom stereocenters. The van der Waals surface area contributed by atoms with Crippen LogP contribution in [0.4, 0.5) is 0 Å². The van der Waals surface area contributed by atoms with Gasteiger partial charge >= 0.3 is 0 Å². The van der Waals surface area contributed by atoms with Crippen LogP contribution in [0.1, 0.15) is 83.6 Å². The predicted octanol–water partition coefficient (Wildman–Crippen LogP) is 5.96. The summed E-state index contributed by atoms with van der Waals surface area (Å²) in [6.07, 6.45) is 11.8. The van der Waals surface area contributed by atoms with Gasteiger partial charge in [0.2, 0.25) is 0 Å². The van der Waals surface area contributed by atoms with Crippen molar-refractivity contribution in [3.05, 3.63) is 35.9 Å². The van der Waals surface area contributed by atoms with E-state index in [0.717, 1.165) is 56.8 Å². The molecule has 0 bridgehead atoms. The minimum absolute atomic E-state index is 0.0184. The van der Waals surface area contributed by atoms with Gasteiger partial charge in [0.1, 0.15) is 5.78 Å². The molecule has 1 aromatic rings. The Morgan fingerprint density at radius 2 is 1.76 bits per heavy atom. The van der Waals surface area contributed by atoms with Gasteiger partial charge in [-0.05, 0) is 98.9 Å². The number of aliphatic hydroxyl groups is 1. The minimum Gasteiger partial charge on any atom is -0.390 e. The molecule has 0 saturated heterocycles. The monoisotopic (exact) mass is 394 g/mol. The van der Waals surface area contributed by atoms with Crippen LogP contribution in [0.2, 0.25) is 0 Å². The highest BCUT2D eigenvalue weighted by molar-refractivity contribution is 5.87. The van der Waals surface area contributed by atoms with Gasteiger partial charge in [0, 0.05) is 11.8 Å². The molecule has 4 aliphatic carbocycles. The molecule has 1 N–H and O–H groups in total. The highest BCUT2D eigenvalue weighted by atomic mass is 16.3. The topological polar surface area (TPSA) is 37.3 Å². The molecular weight excluding hydrogens is 356 g/mol. The molecule has 2 heteroatoms. The summed E-state index contributed by atoms with van der Waals surface area (Å²) in [4.78, 5) is 12.6. The molecule has 7 atom stereocenters. The van der Waals surface area contributed by atoms with Crippen LogP contribution in [0.5, 0.6) is 0 Å². The van der Waals surface area contributed by atoms with Crippen LogP contribution < -0.4 is 0 Å². The predicted molar refractivity (Wildman–Crippen MR) is 116 cm³/mol. The van der Waals surface area contributed by atoms with Crippen molar-refractivity contribution >= 4 is 5.78 Å². The van der Waals surface area contributed by atoms with Gasteiger partial charge in [-0.2, -0.15) is 0 Å². The molecule has 4 saturated carbocycles. The summed E-state index contributed by atoms with van der Waals surface area (Å²) in [5.41, 5.74) is 1.21. The first-order valence-electron chi connectivity index (χ1n) is 12.1.